The van der Waals surface area contributed by atoms with E-state index in [2.05, 4.69) is 4.98 Å². The molecule has 1 aromatic heterocycles. The van der Waals surface area contributed by atoms with Gasteiger partial charge in [-0.15, -0.1) is 0 Å². The largest absolute Gasteiger partial charge is 0.405 e. The van der Waals surface area contributed by atoms with E-state index in [4.69, 9.17) is 17.0 Å². The Bertz CT molecular complexity index is 563. The first-order chi connectivity index (χ1) is 8.29. The van der Waals surface area contributed by atoms with Gasteiger partial charge in [0.2, 0.25) is 0 Å². The number of hydrogen-bond donors (Lipinski definition) is 2. The monoisotopic (exact) mass is 266 g/mol. The molecule has 96 valence electrons. The molecule has 0 amide bonds. The van der Waals surface area contributed by atoms with Crippen LogP contribution in [0.1, 0.15) is 24.6 Å². The van der Waals surface area contributed by atoms with Gasteiger partial charge >= 0.3 is 0 Å². The Balaban J connectivity index is 2.28. The zero-order valence-electron chi connectivity index (χ0n) is 10.8. The first-order valence-corrected chi connectivity index (χ1v) is 6.40. The SMILES string of the molecule is BC(B)(O)C1CCC(n2cc(C)c(=O)[nH]c2=S)O1. The van der Waals surface area contributed by atoms with Gasteiger partial charge in [0.15, 0.2) is 4.77 Å². The fraction of sp³-hybridized carbons (Fsp3) is 0.600. The first kappa shape index (κ1) is 13.6. The van der Waals surface area contributed by atoms with Crippen LogP contribution in [0.15, 0.2) is 11.0 Å². The molecule has 1 aliphatic rings. The summed E-state index contributed by atoms with van der Waals surface area (Å²) in [6, 6.07) is 0. The minimum Gasteiger partial charge on any atom is -0.405 e. The Morgan fingerprint density at radius 3 is 2.83 bits per heavy atom. The molecule has 2 N–H and O–H groups in total. The molecule has 2 atom stereocenters. The second kappa shape index (κ2) is 4.68. The predicted molar refractivity (Wildman–Crippen MR) is 75.8 cm³/mol. The van der Waals surface area contributed by atoms with E-state index in [0.29, 0.717) is 10.3 Å². The fourth-order valence-corrected chi connectivity index (χ4v) is 2.41. The Morgan fingerprint density at radius 2 is 2.28 bits per heavy atom. The van der Waals surface area contributed by atoms with Crippen LogP contribution in [-0.2, 0) is 4.74 Å². The Kier molecular flexibility index (Phi) is 3.53. The summed E-state index contributed by atoms with van der Waals surface area (Å²) in [6.07, 6.45) is 2.82. The molecule has 18 heavy (non-hydrogen) atoms. The van der Waals surface area contributed by atoms with E-state index >= 15 is 0 Å². The number of H-pyrrole nitrogens is 1. The van der Waals surface area contributed by atoms with E-state index in [0.717, 1.165) is 12.8 Å². The fourth-order valence-electron chi connectivity index (χ4n) is 2.14. The second-order valence-corrected chi connectivity index (χ2v) is 5.68. The minimum absolute atomic E-state index is 0.173. The van der Waals surface area contributed by atoms with Gasteiger partial charge in [-0.1, -0.05) is 0 Å². The number of aromatic amines is 1. The van der Waals surface area contributed by atoms with Crippen LogP contribution < -0.4 is 5.56 Å². The van der Waals surface area contributed by atoms with Gasteiger partial charge in [-0.3, -0.25) is 14.3 Å². The van der Waals surface area contributed by atoms with Crippen molar-refractivity contribution in [3.05, 3.63) is 26.9 Å². The molecule has 0 spiro atoms. The van der Waals surface area contributed by atoms with E-state index in [-0.39, 0.29) is 17.9 Å². The van der Waals surface area contributed by atoms with Gasteiger partial charge in [-0.2, -0.15) is 0 Å². The minimum atomic E-state index is -0.867. The number of aliphatic hydroxyl groups is 1. The van der Waals surface area contributed by atoms with Crippen molar-refractivity contribution in [1.82, 2.24) is 9.55 Å². The standard InChI is InChI=1S/C10H16B2N2O3S/c1-5-4-14(9(18)13-8(5)15)7-3-2-6(17-7)10(11,12)16/h4,6-7,16H,2-3,11-12H2,1H3,(H,13,15,18). The highest BCUT2D eigenvalue weighted by atomic mass is 32.1. The van der Waals surface area contributed by atoms with Gasteiger partial charge in [0, 0.05) is 17.2 Å². The van der Waals surface area contributed by atoms with E-state index < -0.39 is 5.40 Å². The van der Waals surface area contributed by atoms with Gasteiger partial charge in [-0.05, 0) is 32.0 Å². The van der Waals surface area contributed by atoms with Crippen molar-refractivity contribution >= 4 is 27.9 Å². The molecule has 0 aromatic carbocycles. The maximum absolute atomic E-state index is 11.4. The van der Waals surface area contributed by atoms with Crippen LogP contribution in [0.25, 0.3) is 0 Å². The Labute approximate surface area is 112 Å². The topological polar surface area (TPSA) is 67.2 Å². The molecular formula is C10H16B2N2O3S. The van der Waals surface area contributed by atoms with Crippen LogP contribution in [-0.4, -0.2) is 41.9 Å². The zero-order valence-corrected chi connectivity index (χ0v) is 11.6. The van der Waals surface area contributed by atoms with Gasteiger partial charge in [0.05, 0.1) is 6.10 Å². The van der Waals surface area contributed by atoms with Crippen molar-refractivity contribution in [2.24, 2.45) is 0 Å². The maximum atomic E-state index is 11.4. The Morgan fingerprint density at radius 1 is 1.61 bits per heavy atom. The number of aryl methyl sites for hydroxylation is 1. The summed E-state index contributed by atoms with van der Waals surface area (Å²) in [5.41, 5.74) is 0.423. The number of hydrogen-bond acceptors (Lipinski definition) is 4. The van der Waals surface area contributed by atoms with Gasteiger partial charge in [0.25, 0.3) is 5.56 Å². The van der Waals surface area contributed by atoms with Gasteiger partial charge < -0.3 is 9.84 Å². The quantitative estimate of drug-likeness (QED) is 0.521. The molecule has 1 saturated heterocycles. The predicted octanol–water partition coefficient (Wildman–Crippen LogP) is -1.20. The molecular weight excluding hydrogens is 250 g/mol. The summed E-state index contributed by atoms with van der Waals surface area (Å²) >= 11 is 5.13. The average Bonchev–Trinajstić information content (AvgIpc) is 2.72. The molecule has 0 bridgehead atoms. The molecule has 0 radical (unpaired) electrons. The molecule has 2 unspecified atom stereocenters. The zero-order chi connectivity index (χ0) is 13.5. The summed E-state index contributed by atoms with van der Waals surface area (Å²) in [4.78, 5) is 14.0. The molecule has 2 rings (SSSR count). The first-order valence-electron chi connectivity index (χ1n) is 5.99. The number of aromatic nitrogens is 2. The van der Waals surface area contributed by atoms with Crippen LogP contribution in [0, 0.1) is 11.7 Å². The number of ether oxygens (including phenoxy) is 1. The lowest BCUT2D eigenvalue weighted by atomic mass is 9.61. The second-order valence-electron chi connectivity index (χ2n) is 5.29. The Hall–Kier alpha value is -0.850. The highest BCUT2D eigenvalue weighted by Crippen LogP contribution is 2.31. The third-order valence-electron chi connectivity index (χ3n) is 3.24. The highest BCUT2D eigenvalue weighted by molar-refractivity contribution is 7.71. The van der Waals surface area contributed by atoms with Crippen molar-refractivity contribution in [3.8, 4) is 0 Å². The van der Waals surface area contributed by atoms with Crippen LogP contribution in [0.5, 0.6) is 0 Å². The third kappa shape index (κ3) is 2.60. The molecule has 0 saturated carbocycles. The number of nitrogens with zero attached hydrogens (tertiary/aromatic N) is 1. The lowest BCUT2D eigenvalue weighted by Gasteiger charge is -2.26. The average molecular weight is 266 g/mol. The molecule has 0 aliphatic carbocycles. The summed E-state index contributed by atoms with van der Waals surface area (Å²) in [7, 11) is 3.47. The highest BCUT2D eigenvalue weighted by Gasteiger charge is 2.36. The maximum Gasteiger partial charge on any atom is 0.254 e. The lowest BCUT2D eigenvalue weighted by molar-refractivity contribution is -0.0496. The van der Waals surface area contributed by atoms with Gasteiger partial charge in [0.1, 0.15) is 21.9 Å². The van der Waals surface area contributed by atoms with Crippen LogP contribution in [0.3, 0.4) is 0 Å². The summed E-state index contributed by atoms with van der Waals surface area (Å²) in [6.45, 7) is 1.73. The van der Waals surface area contributed by atoms with Crippen molar-refractivity contribution in [3.63, 3.8) is 0 Å². The lowest BCUT2D eigenvalue weighted by Crippen LogP contribution is -2.43. The smallest absolute Gasteiger partial charge is 0.254 e. The van der Waals surface area contributed by atoms with E-state index in [9.17, 15) is 9.90 Å². The van der Waals surface area contributed by atoms with Crippen LogP contribution in [0.4, 0.5) is 0 Å². The summed E-state index contributed by atoms with van der Waals surface area (Å²) in [5, 5.41) is 9.07. The molecule has 1 fully saturated rings. The molecule has 2 heterocycles. The molecule has 8 heteroatoms. The van der Waals surface area contributed by atoms with E-state index in [1.807, 2.05) is 0 Å². The van der Waals surface area contributed by atoms with Crippen molar-refractivity contribution < 1.29 is 9.84 Å². The summed E-state index contributed by atoms with van der Waals surface area (Å²) in [5.74, 6) is 0. The molecule has 1 aromatic rings. The summed E-state index contributed by atoms with van der Waals surface area (Å²) < 4.78 is 7.91. The number of rotatable bonds is 2. The number of nitrogens with one attached hydrogen (secondary N) is 1. The van der Waals surface area contributed by atoms with Crippen molar-refractivity contribution in [1.29, 1.82) is 0 Å². The van der Waals surface area contributed by atoms with Crippen LogP contribution >= 0.6 is 12.2 Å². The van der Waals surface area contributed by atoms with E-state index in [1.54, 1.807) is 33.4 Å². The van der Waals surface area contributed by atoms with Crippen molar-refractivity contribution in [2.75, 3.05) is 0 Å². The van der Waals surface area contributed by atoms with Crippen LogP contribution in [0.2, 0.25) is 0 Å². The molecule has 5 nitrogen and oxygen atoms in total. The third-order valence-corrected chi connectivity index (χ3v) is 3.55. The normalized spacial score (nSPS) is 24.3. The van der Waals surface area contributed by atoms with Gasteiger partial charge in [-0.25, -0.2) is 0 Å². The van der Waals surface area contributed by atoms with Crippen molar-refractivity contribution in [2.45, 2.75) is 37.5 Å². The van der Waals surface area contributed by atoms with E-state index in [1.165, 1.54) is 0 Å². The molecule has 1 aliphatic heterocycles.